The molecular formula is C22H21F3N4O. The van der Waals surface area contributed by atoms with Gasteiger partial charge in [-0.05, 0) is 29.3 Å². The first-order valence-electron chi connectivity index (χ1n) is 9.67. The van der Waals surface area contributed by atoms with Crippen LogP contribution in [0.2, 0.25) is 0 Å². The van der Waals surface area contributed by atoms with Gasteiger partial charge >= 0.3 is 6.18 Å². The van der Waals surface area contributed by atoms with Crippen molar-refractivity contribution < 1.29 is 18.3 Å². The summed E-state index contributed by atoms with van der Waals surface area (Å²) in [4.78, 5) is 2.30. The summed E-state index contributed by atoms with van der Waals surface area (Å²) in [5, 5.41) is 20.5. The largest absolute Gasteiger partial charge is 0.507 e. The van der Waals surface area contributed by atoms with E-state index < -0.39 is 11.9 Å². The Bertz CT molecular complexity index is 1020. The first kappa shape index (κ1) is 20.3. The summed E-state index contributed by atoms with van der Waals surface area (Å²) < 4.78 is 40.7. The molecule has 2 N–H and O–H groups in total. The molecular weight excluding hydrogens is 393 g/mol. The van der Waals surface area contributed by atoms with E-state index in [1.807, 2.05) is 12.1 Å². The number of halogens is 3. The molecule has 0 radical (unpaired) electrons. The Balaban J connectivity index is 1.69. The van der Waals surface area contributed by atoms with Crippen LogP contribution < -0.4 is 5.32 Å². The normalized spacial score (nSPS) is 15.3. The first-order valence-corrected chi connectivity index (χ1v) is 9.67. The Morgan fingerprint density at radius 1 is 0.933 bits per heavy atom. The number of nitrogens with one attached hydrogen (secondary N) is 1. The van der Waals surface area contributed by atoms with Crippen LogP contribution in [0.1, 0.15) is 11.3 Å². The van der Waals surface area contributed by atoms with Crippen LogP contribution in [0.4, 0.5) is 13.2 Å². The molecule has 1 fully saturated rings. The van der Waals surface area contributed by atoms with Crippen molar-refractivity contribution in [2.75, 3.05) is 26.2 Å². The van der Waals surface area contributed by atoms with Crippen LogP contribution in [-0.2, 0) is 12.7 Å². The summed E-state index contributed by atoms with van der Waals surface area (Å²) in [6.45, 7) is 4.51. The number of nitrogens with zero attached hydrogens (tertiary/aromatic N) is 3. The van der Waals surface area contributed by atoms with E-state index in [4.69, 9.17) is 0 Å². The lowest BCUT2D eigenvalue weighted by Crippen LogP contribution is -2.42. The van der Waals surface area contributed by atoms with Crippen LogP contribution in [0.5, 0.6) is 5.75 Å². The van der Waals surface area contributed by atoms with Gasteiger partial charge in [0.15, 0.2) is 5.69 Å². The SMILES string of the molecule is Oc1ccccc1-c1cc(-c2ccc(CN3CCNCC3)cc2)c(C(F)(F)F)nn1. The molecule has 0 bridgehead atoms. The summed E-state index contributed by atoms with van der Waals surface area (Å²) in [5.41, 5.74) is 0.840. The maximum absolute atomic E-state index is 13.6. The minimum Gasteiger partial charge on any atom is -0.507 e. The second-order valence-corrected chi connectivity index (χ2v) is 7.23. The highest BCUT2D eigenvalue weighted by molar-refractivity contribution is 5.74. The number of aromatic nitrogens is 2. The van der Waals surface area contributed by atoms with Crippen molar-refractivity contribution in [2.24, 2.45) is 0 Å². The molecule has 4 rings (SSSR count). The zero-order valence-corrected chi connectivity index (χ0v) is 16.2. The van der Waals surface area contributed by atoms with Crippen molar-refractivity contribution in [3.8, 4) is 28.1 Å². The lowest BCUT2D eigenvalue weighted by molar-refractivity contribution is -0.141. The molecule has 1 aromatic heterocycles. The minimum absolute atomic E-state index is 0.0653. The van der Waals surface area contributed by atoms with Crippen LogP contribution in [0.25, 0.3) is 22.4 Å². The molecule has 0 saturated carbocycles. The van der Waals surface area contributed by atoms with Crippen LogP contribution in [0.15, 0.2) is 54.6 Å². The number of benzene rings is 2. The smallest absolute Gasteiger partial charge is 0.435 e. The Morgan fingerprint density at radius 3 is 2.30 bits per heavy atom. The lowest BCUT2D eigenvalue weighted by Gasteiger charge is -2.27. The molecule has 8 heteroatoms. The van der Waals surface area contributed by atoms with E-state index in [0.29, 0.717) is 11.1 Å². The molecule has 156 valence electrons. The van der Waals surface area contributed by atoms with Gasteiger partial charge in [0.05, 0.1) is 5.69 Å². The van der Waals surface area contributed by atoms with Crippen molar-refractivity contribution in [3.63, 3.8) is 0 Å². The number of para-hydroxylation sites is 1. The molecule has 0 spiro atoms. The van der Waals surface area contributed by atoms with Gasteiger partial charge in [0.25, 0.3) is 0 Å². The molecule has 2 aromatic carbocycles. The van der Waals surface area contributed by atoms with E-state index in [1.165, 1.54) is 12.1 Å². The zero-order valence-electron chi connectivity index (χ0n) is 16.2. The number of hydrogen-bond acceptors (Lipinski definition) is 5. The highest BCUT2D eigenvalue weighted by Gasteiger charge is 2.36. The van der Waals surface area contributed by atoms with Gasteiger partial charge in [-0.15, -0.1) is 10.2 Å². The number of hydrogen-bond donors (Lipinski definition) is 2. The second kappa shape index (κ2) is 8.41. The van der Waals surface area contributed by atoms with Crippen molar-refractivity contribution in [3.05, 3.63) is 65.9 Å². The van der Waals surface area contributed by atoms with Crippen LogP contribution >= 0.6 is 0 Å². The molecule has 1 saturated heterocycles. The van der Waals surface area contributed by atoms with Gasteiger partial charge in [0.1, 0.15) is 5.75 Å². The molecule has 0 amide bonds. The predicted octanol–water partition coefficient (Wildman–Crippen LogP) is 3.94. The van der Waals surface area contributed by atoms with E-state index in [1.54, 1.807) is 30.3 Å². The Labute approximate surface area is 172 Å². The van der Waals surface area contributed by atoms with Crippen LogP contribution in [-0.4, -0.2) is 46.4 Å². The van der Waals surface area contributed by atoms with E-state index in [2.05, 4.69) is 20.4 Å². The molecule has 1 aliphatic rings. The average Bonchev–Trinajstić information content (AvgIpc) is 2.74. The zero-order chi connectivity index (χ0) is 21.1. The van der Waals surface area contributed by atoms with E-state index in [9.17, 15) is 18.3 Å². The van der Waals surface area contributed by atoms with Crippen molar-refractivity contribution >= 4 is 0 Å². The number of phenols is 1. The molecule has 5 nitrogen and oxygen atoms in total. The van der Waals surface area contributed by atoms with Gasteiger partial charge in [-0.25, -0.2) is 0 Å². The average molecular weight is 414 g/mol. The number of alkyl halides is 3. The highest BCUT2D eigenvalue weighted by atomic mass is 19.4. The second-order valence-electron chi connectivity index (χ2n) is 7.23. The third-order valence-corrected chi connectivity index (χ3v) is 5.12. The third-order valence-electron chi connectivity index (χ3n) is 5.12. The molecule has 0 unspecified atom stereocenters. The number of piperazine rings is 1. The van der Waals surface area contributed by atoms with Crippen molar-refractivity contribution in [1.82, 2.24) is 20.4 Å². The van der Waals surface area contributed by atoms with Gasteiger partial charge in [-0.1, -0.05) is 36.4 Å². The van der Waals surface area contributed by atoms with E-state index >= 15 is 0 Å². The monoisotopic (exact) mass is 414 g/mol. The van der Waals surface area contributed by atoms with Gasteiger partial charge < -0.3 is 10.4 Å². The van der Waals surface area contributed by atoms with Gasteiger partial charge in [-0.3, -0.25) is 4.90 Å². The predicted molar refractivity (Wildman–Crippen MR) is 108 cm³/mol. The van der Waals surface area contributed by atoms with Gasteiger partial charge in [-0.2, -0.15) is 13.2 Å². The van der Waals surface area contributed by atoms with Crippen LogP contribution in [0.3, 0.4) is 0 Å². The Morgan fingerprint density at radius 2 is 1.63 bits per heavy atom. The maximum Gasteiger partial charge on any atom is 0.435 e. The molecule has 0 aliphatic carbocycles. The fourth-order valence-corrected chi connectivity index (χ4v) is 3.56. The van der Waals surface area contributed by atoms with E-state index in [-0.39, 0.29) is 17.0 Å². The minimum atomic E-state index is -4.64. The van der Waals surface area contributed by atoms with Gasteiger partial charge in [0, 0.05) is 43.9 Å². The Kier molecular flexibility index (Phi) is 5.69. The molecule has 3 aromatic rings. The maximum atomic E-state index is 13.6. The fourth-order valence-electron chi connectivity index (χ4n) is 3.56. The fraction of sp³-hybridized carbons (Fsp3) is 0.273. The molecule has 30 heavy (non-hydrogen) atoms. The molecule has 2 heterocycles. The summed E-state index contributed by atoms with van der Waals surface area (Å²) in [5.74, 6) is -0.0659. The van der Waals surface area contributed by atoms with Crippen molar-refractivity contribution in [2.45, 2.75) is 12.7 Å². The van der Waals surface area contributed by atoms with E-state index in [0.717, 1.165) is 38.3 Å². The number of phenolic OH excluding ortho intramolecular Hbond substituents is 1. The molecule has 1 aliphatic heterocycles. The standard InChI is InChI=1S/C22H21F3N4O/c23-22(24,25)21-18(13-19(27-28-21)17-3-1-2-4-20(17)30)16-7-5-15(6-8-16)14-29-11-9-26-10-12-29/h1-8,13,26,30H,9-12,14H2. The van der Waals surface area contributed by atoms with Gasteiger partial charge in [0.2, 0.25) is 0 Å². The number of aromatic hydroxyl groups is 1. The highest BCUT2D eigenvalue weighted by Crippen LogP contribution is 2.38. The summed E-state index contributed by atoms with van der Waals surface area (Å²) >= 11 is 0. The topological polar surface area (TPSA) is 61.3 Å². The number of rotatable bonds is 4. The van der Waals surface area contributed by atoms with Crippen LogP contribution in [0, 0.1) is 0 Å². The third kappa shape index (κ3) is 4.44. The Hall–Kier alpha value is -2.97. The quantitative estimate of drug-likeness (QED) is 0.677. The summed E-state index contributed by atoms with van der Waals surface area (Å²) in [7, 11) is 0. The summed E-state index contributed by atoms with van der Waals surface area (Å²) in [6.07, 6.45) is -4.64. The van der Waals surface area contributed by atoms with Crippen molar-refractivity contribution in [1.29, 1.82) is 0 Å². The lowest BCUT2D eigenvalue weighted by atomic mass is 10.00. The first-order chi connectivity index (χ1) is 14.4. The summed E-state index contributed by atoms with van der Waals surface area (Å²) in [6, 6.07) is 14.7. The molecule has 0 atom stereocenters.